The third-order valence-corrected chi connectivity index (χ3v) is 5.74. The highest BCUT2D eigenvalue weighted by Gasteiger charge is 2.31. The maximum atomic E-state index is 11.8. The Kier molecular flexibility index (Phi) is 3.08. The molecule has 1 aromatic rings. The Hall–Kier alpha value is -0.460. The van der Waals surface area contributed by atoms with Gasteiger partial charge >= 0.3 is 0 Å². The van der Waals surface area contributed by atoms with E-state index in [0.717, 1.165) is 17.8 Å². The summed E-state index contributed by atoms with van der Waals surface area (Å²) in [4.78, 5) is 4.26. The van der Waals surface area contributed by atoms with Gasteiger partial charge in [0, 0.05) is 11.9 Å². The molecule has 6 heteroatoms. The van der Waals surface area contributed by atoms with Gasteiger partial charge in [0.2, 0.25) is 0 Å². The highest BCUT2D eigenvalue weighted by atomic mass is 32.2. The highest BCUT2D eigenvalue weighted by molar-refractivity contribution is 7.91. The minimum atomic E-state index is -2.97. The number of hydrogen-bond acceptors (Lipinski definition) is 5. The minimum absolute atomic E-state index is 0.299. The molecule has 0 saturated carbocycles. The summed E-state index contributed by atoms with van der Waals surface area (Å²) in [7, 11) is -2.97. The van der Waals surface area contributed by atoms with Gasteiger partial charge in [-0.25, -0.2) is 13.4 Å². The molecule has 1 atom stereocenters. The van der Waals surface area contributed by atoms with Gasteiger partial charge in [-0.1, -0.05) is 6.42 Å². The summed E-state index contributed by atoms with van der Waals surface area (Å²) in [6.45, 7) is 0.386. The minimum Gasteiger partial charge on any atom is -0.325 e. The Labute approximate surface area is 93.4 Å². The molecule has 4 nitrogen and oxygen atoms in total. The molecule has 1 unspecified atom stereocenters. The molecule has 0 radical (unpaired) electrons. The zero-order chi connectivity index (χ0) is 10.9. The summed E-state index contributed by atoms with van der Waals surface area (Å²) in [6.07, 6.45) is 2.46. The normalized spacial score (nSPS) is 25.3. The van der Waals surface area contributed by atoms with Crippen molar-refractivity contribution in [2.24, 2.45) is 5.73 Å². The van der Waals surface area contributed by atoms with Crippen LogP contribution >= 0.6 is 11.3 Å². The number of nitrogens with two attached hydrogens (primary N) is 1. The van der Waals surface area contributed by atoms with Crippen LogP contribution in [0.25, 0.3) is 0 Å². The van der Waals surface area contributed by atoms with E-state index in [-0.39, 0.29) is 5.25 Å². The van der Waals surface area contributed by atoms with Crippen LogP contribution in [0.1, 0.15) is 35.2 Å². The van der Waals surface area contributed by atoms with Crippen LogP contribution in [0.2, 0.25) is 0 Å². The van der Waals surface area contributed by atoms with Gasteiger partial charge in [-0.2, -0.15) is 0 Å². The van der Waals surface area contributed by atoms with E-state index in [1.807, 2.05) is 5.38 Å². The largest absolute Gasteiger partial charge is 0.325 e. The lowest BCUT2D eigenvalue weighted by Gasteiger charge is -2.20. The molecule has 0 aliphatic carbocycles. The molecule has 2 N–H and O–H groups in total. The van der Waals surface area contributed by atoms with Gasteiger partial charge in [0.25, 0.3) is 0 Å². The van der Waals surface area contributed by atoms with Crippen LogP contribution in [0.4, 0.5) is 0 Å². The van der Waals surface area contributed by atoms with E-state index in [4.69, 9.17) is 5.73 Å². The lowest BCUT2D eigenvalue weighted by Crippen LogP contribution is -2.21. The molecular weight excluding hydrogens is 232 g/mol. The first-order valence-electron chi connectivity index (χ1n) is 4.99. The molecule has 1 aliphatic rings. The summed E-state index contributed by atoms with van der Waals surface area (Å²) in [6, 6.07) is 0. The smallest absolute Gasteiger partial charge is 0.158 e. The zero-order valence-corrected chi connectivity index (χ0v) is 9.98. The van der Waals surface area contributed by atoms with Crippen molar-refractivity contribution in [2.75, 3.05) is 5.75 Å². The van der Waals surface area contributed by atoms with E-state index in [1.165, 1.54) is 11.3 Å². The predicted molar refractivity (Wildman–Crippen MR) is 60.4 cm³/mol. The number of thiazole rings is 1. The molecule has 1 aliphatic heterocycles. The zero-order valence-electron chi connectivity index (χ0n) is 8.35. The van der Waals surface area contributed by atoms with Crippen LogP contribution < -0.4 is 5.73 Å². The third-order valence-electron chi connectivity index (χ3n) is 2.65. The van der Waals surface area contributed by atoms with Gasteiger partial charge in [-0.15, -0.1) is 11.3 Å². The summed E-state index contributed by atoms with van der Waals surface area (Å²) in [5.41, 5.74) is 6.15. The molecule has 2 rings (SSSR count). The van der Waals surface area contributed by atoms with Crippen molar-refractivity contribution >= 4 is 21.2 Å². The topological polar surface area (TPSA) is 73.0 Å². The maximum absolute atomic E-state index is 11.8. The Morgan fingerprint density at radius 3 is 2.93 bits per heavy atom. The fourth-order valence-electron chi connectivity index (χ4n) is 1.85. The van der Waals surface area contributed by atoms with E-state index in [2.05, 4.69) is 4.98 Å². The second-order valence-corrected chi connectivity index (χ2v) is 6.97. The van der Waals surface area contributed by atoms with Gasteiger partial charge in [0.15, 0.2) is 9.84 Å². The second kappa shape index (κ2) is 4.19. The van der Waals surface area contributed by atoms with Gasteiger partial charge in [-0.3, -0.25) is 0 Å². The van der Waals surface area contributed by atoms with E-state index >= 15 is 0 Å². The standard InChI is InChI=1S/C9H14N2O2S2/c10-5-9-11-7(6-14-9)8-3-1-2-4-15(8,12)13/h6,8H,1-5,10H2. The lowest BCUT2D eigenvalue weighted by atomic mass is 10.1. The highest BCUT2D eigenvalue weighted by Crippen LogP contribution is 2.33. The molecule has 15 heavy (non-hydrogen) atoms. The SMILES string of the molecule is NCc1nc(C2CCCCS2(=O)=O)cs1. The van der Waals surface area contributed by atoms with Crippen LogP contribution in [0.5, 0.6) is 0 Å². The average Bonchev–Trinajstić information content (AvgIpc) is 2.65. The first-order valence-corrected chi connectivity index (χ1v) is 7.59. The van der Waals surface area contributed by atoms with Gasteiger partial charge in [-0.05, 0) is 12.8 Å². The molecule has 84 valence electrons. The van der Waals surface area contributed by atoms with Crippen molar-refractivity contribution in [3.8, 4) is 0 Å². The summed E-state index contributed by atoms with van der Waals surface area (Å²) in [5.74, 6) is 0.299. The Morgan fingerprint density at radius 2 is 2.33 bits per heavy atom. The first kappa shape index (κ1) is 11.0. The fraction of sp³-hybridized carbons (Fsp3) is 0.667. The molecule has 2 heterocycles. The van der Waals surface area contributed by atoms with Crippen molar-refractivity contribution in [3.05, 3.63) is 16.1 Å². The van der Waals surface area contributed by atoms with Gasteiger partial charge in [0.1, 0.15) is 10.3 Å². The molecule has 0 spiro atoms. The number of aromatic nitrogens is 1. The number of rotatable bonds is 2. The van der Waals surface area contributed by atoms with E-state index in [0.29, 0.717) is 24.4 Å². The van der Waals surface area contributed by atoms with Crippen molar-refractivity contribution in [3.63, 3.8) is 0 Å². The van der Waals surface area contributed by atoms with E-state index in [1.54, 1.807) is 0 Å². The molecule has 0 amide bonds. The molecular formula is C9H14N2O2S2. The predicted octanol–water partition coefficient (Wildman–Crippen LogP) is 1.24. The van der Waals surface area contributed by atoms with Crippen molar-refractivity contribution in [2.45, 2.75) is 31.1 Å². The second-order valence-electron chi connectivity index (χ2n) is 3.72. The average molecular weight is 246 g/mol. The Morgan fingerprint density at radius 1 is 1.53 bits per heavy atom. The fourth-order valence-corrected chi connectivity index (χ4v) is 4.57. The number of hydrogen-bond donors (Lipinski definition) is 1. The Bertz CT molecular complexity index is 439. The van der Waals surface area contributed by atoms with Crippen molar-refractivity contribution in [1.82, 2.24) is 4.98 Å². The van der Waals surface area contributed by atoms with Crippen molar-refractivity contribution in [1.29, 1.82) is 0 Å². The number of sulfone groups is 1. The van der Waals surface area contributed by atoms with Crippen LogP contribution in [-0.4, -0.2) is 19.2 Å². The summed E-state index contributed by atoms with van der Waals surface area (Å²) >= 11 is 1.44. The van der Waals surface area contributed by atoms with Crippen LogP contribution in [0.15, 0.2) is 5.38 Å². The first-order chi connectivity index (χ1) is 7.13. The maximum Gasteiger partial charge on any atom is 0.158 e. The monoisotopic (exact) mass is 246 g/mol. The quantitative estimate of drug-likeness (QED) is 0.852. The molecule has 1 fully saturated rings. The van der Waals surface area contributed by atoms with Crippen molar-refractivity contribution < 1.29 is 8.42 Å². The van der Waals surface area contributed by atoms with E-state index < -0.39 is 9.84 Å². The van der Waals surface area contributed by atoms with Crippen LogP contribution in [0, 0.1) is 0 Å². The third kappa shape index (κ3) is 2.21. The molecule has 1 aromatic heterocycles. The van der Waals surface area contributed by atoms with Gasteiger partial charge < -0.3 is 5.73 Å². The van der Waals surface area contributed by atoms with Crippen LogP contribution in [0.3, 0.4) is 0 Å². The van der Waals surface area contributed by atoms with E-state index in [9.17, 15) is 8.42 Å². The lowest BCUT2D eigenvalue weighted by molar-refractivity contribution is 0.543. The molecule has 0 bridgehead atoms. The number of nitrogens with zero attached hydrogens (tertiary/aromatic N) is 1. The summed E-state index contributed by atoms with van der Waals surface area (Å²) < 4.78 is 23.6. The van der Waals surface area contributed by atoms with Crippen LogP contribution in [-0.2, 0) is 16.4 Å². The molecule has 1 saturated heterocycles. The Balaban J connectivity index is 2.29. The molecule has 0 aromatic carbocycles. The van der Waals surface area contributed by atoms with Gasteiger partial charge in [0.05, 0.1) is 11.4 Å². The summed E-state index contributed by atoms with van der Waals surface area (Å²) in [5, 5.41) is 2.25.